The fourth-order valence-electron chi connectivity index (χ4n) is 2.57. The molecule has 4 aromatic rings. The zero-order valence-electron chi connectivity index (χ0n) is 12.0. The molecule has 0 aliphatic rings. The number of hydrogen-bond acceptors (Lipinski definition) is 5. The highest BCUT2D eigenvalue weighted by atomic mass is 16.3. The van der Waals surface area contributed by atoms with Gasteiger partial charge in [-0.3, -0.25) is 9.78 Å². The van der Waals surface area contributed by atoms with Crippen molar-refractivity contribution < 1.29 is 9.21 Å². The fraction of sp³-hybridized carbons (Fsp3) is 0.0588. The first-order valence-electron chi connectivity index (χ1n) is 7.12. The van der Waals surface area contributed by atoms with E-state index < -0.39 is 6.04 Å². The second-order valence-electron chi connectivity index (χ2n) is 5.05. The van der Waals surface area contributed by atoms with E-state index in [1.807, 2.05) is 30.3 Å². The van der Waals surface area contributed by atoms with Gasteiger partial charge in [0.15, 0.2) is 5.76 Å². The van der Waals surface area contributed by atoms with Crippen LogP contribution in [-0.2, 0) is 0 Å². The lowest BCUT2D eigenvalue weighted by atomic mass is 10.0. The van der Waals surface area contributed by atoms with Gasteiger partial charge in [0.1, 0.15) is 11.6 Å². The van der Waals surface area contributed by atoms with Gasteiger partial charge in [0.25, 0.3) is 0 Å². The van der Waals surface area contributed by atoms with Crippen molar-refractivity contribution in [3.8, 4) is 0 Å². The second kappa shape index (κ2) is 5.49. The summed E-state index contributed by atoms with van der Waals surface area (Å²) in [4.78, 5) is 17.1. The number of ketones is 1. The van der Waals surface area contributed by atoms with E-state index in [1.165, 1.54) is 6.26 Å². The molecule has 0 saturated heterocycles. The number of carbonyl (C=O) groups excluding carboxylic acids is 1. The van der Waals surface area contributed by atoms with Crippen molar-refractivity contribution in [3.63, 3.8) is 0 Å². The molecule has 0 saturated carbocycles. The Balaban J connectivity index is 1.91. The van der Waals surface area contributed by atoms with Gasteiger partial charge in [-0.2, -0.15) is 0 Å². The lowest BCUT2D eigenvalue weighted by molar-refractivity contribution is 0.0913. The highest BCUT2D eigenvalue weighted by molar-refractivity contribution is 5.99. The fourth-order valence-corrected chi connectivity index (χ4v) is 2.57. The minimum atomic E-state index is -0.678. The third-order valence-electron chi connectivity index (χ3n) is 3.63. The van der Waals surface area contributed by atoms with Gasteiger partial charge in [-0.05, 0) is 30.3 Å². The summed E-state index contributed by atoms with van der Waals surface area (Å²) in [6.07, 6.45) is 4.80. The summed E-state index contributed by atoms with van der Waals surface area (Å²) in [5.41, 5.74) is 2.24. The number of para-hydroxylation sites is 1. The highest BCUT2D eigenvalue weighted by Gasteiger charge is 2.28. The monoisotopic (exact) mass is 304 g/mol. The number of rotatable bonds is 4. The summed E-state index contributed by atoms with van der Waals surface area (Å²) in [5, 5.41) is 8.32. The highest BCUT2D eigenvalue weighted by Crippen LogP contribution is 2.25. The number of hydrogen-bond donors (Lipinski definition) is 0. The van der Waals surface area contributed by atoms with E-state index >= 15 is 0 Å². The molecule has 3 heterocycles. The van der Waals surface area contributed by atoms with Crippen LogP contribution < -0.4 is 0 Å². The Kier molecular flexibility index (Phi) is 3.20. The molecule has 23 heavy (non-hydrogen) atoms. The second-order valence-corrected chi connectivity index (χ2v) is 5.05. The molecule has 0 radical (unpaired) electrons. The Morgan fingerprint density at radius 3 is 2.78 bits per heavy atom. The number of nitrogens with zero attached hydrogens (tertiary/aromatic N) is 4. The average Bonchev–Trinajstić information content (AvgIpc) is 3.26. The van der Waals surface area contributed by atoms with Gasteiger partial charge in [-0.25, -0.2) is 4.68 Å². The molecule has 0 bridgehead atoms. The van der Waals surface area contributed by atoms with Gasteiger partial charge in [0.2, 0.25) is 5.78 Å². The molecule has 0 spiro atoms. The molecule has 6 nitrogen and oxygen atoms in total. The number of benzene rings is 1. The van der Waals surface area contributed by atoms with Gasteiger partial charge in [0.05, 0.1) is 11.8 Å². The molecule has 1 unspecified atom stereocenters. The van der Waals surface area contributed by atoms with Crippen LogP contribution in [0.25, 0.3) is 11.0 Å². The van der Waals surface area contributed by atoms with Crippen molar-refractivity contribution in [3.05, 3.63) is 78.5 Å². The number of aromatic nitrogens is 4. The maximum Gasteiger partial charge on any atom is 0.227 e. The van der Waals surface area contributed by atoms with Crippen LogP contribution in [-0.4, -0.2) is 25.8 Å². The Morgan fingerprint density at radius 1 is 1.09 bits per heavy atom. The molecular weight excluding hydrogens is 292 g/mol. The zero-order valence-corrected chi connectivity index (χ0v) is 12.0. The van der Waals surface area contributed by atoms with Crippen LogP contribution in [0.4, 0.5) is 0 Å². The first-order chi connectivity index (χ1) is 11.3. The number of carbonyl (C=O) groups is 1. The van der Waals surface area contributed by atoms with E-state index in [4.69, 9.17) is 4.42 Å². The minimum Gasteiger partial charge on any atom is -0.461 e. The number of pyridine rings is 1. The van der Waals surface area contributed by atoms with Gasteiger partial charge >= 0.3 is 0 Å². The minimum absolute atomic E-state index is 0.196. The van der Waals surface area contributed by atoms with Gasteiger partial charge in [0, 0.05) is 18.0 Å². The summed E-state index contributed by atoms with van der Waals surface area (Å²) in [6.45, 7) is 0. The summed E-state index contributed by atoms with van der Waals surface area (Å²) < 4.78 is 6.88. The summed E-state index contributed by atoms with van der Waals surface area (Å²) in [5.74, 6) is 0.0806. The molecule has 0 aliphatic heterocycles. The van der Waals surface area contributed by atoms with Crippen molar-refractivity contribution in [1.29, 1.82) is 0 Å². The van der Waals surface area contributed by atoms with Crippen molar-refractivity contribution in [2.75, 3.05) is 0 Å². The Morgan fingerprint density at radius 2 is 2.00 bits per heavy atom. The number of furan rings is 1. The first-order valence-corrected chi connectivity index (χ1v) is 7.12. The van der Waals surface area contributed by atoms with Crippen molar-refractivity contribution in [2.24, 2.45) is 0 Å². The van der Waals surface area contributed by atoms with Crippen LogP contribution in [0.3, 0.4) is 0 Å². The standard InChI is InChI=1S/C17H12N4O2/c22-17(15-8-4-10-23-15)16(12-5-3-9-18-11-12)21-14-7-2-1-6-13(14)19-20-21/h1-11,16H. The molecule has 112 valence electrons. The Bertz CT molecular complexity index is 945. The zero-order chi connectivity index (χ0) is 15.6. The molecular formula is C17H12N4O2. The van der Waals surface area contributed by atoms with Gasteiger partial charge in [-0.1, -0.05) is 23.4 Å². The van der Waals surface area contributed by atoms with Crippen LogP contribution in [0.2, 0.25) is 0 Å². The molecule has 6 heteroatoms. The van der Waals surface area contributed by atoms with E-state index in [-0.39, 0.29) is 11.5 Å². The SMILES string of the molecule is O=C(c1ccco1)C(c1cccnc1)n1nnc2ccccc21. The lowest BCUT2D eigenvalue weighted by Gasteiger charge is -2.15. The maximum absolute atomic E-state index is 12.9. The first kappa shape index (κ1) is 13.4. The quantitative estimate of drug-likeness (QED) is 0.542. The topological polar surface area (TPSA) is 73.8 Å². The summed E-state index contributed by atoms with van der Waals surface area (Å²) in [7, 11) is 0. The van der Waals surface area contributed by atoms with Crippen molar-refractivity contribution in [2.45, 2.75) is 6.04 Å². The van der Waals surface area contributed by atoms with Crippen LogP contribution in [0.1, 0.15) is 22.2 Å². The molecule has 0 aliphatic carbocycles. The molecule has 0 N–H and O–H groups in total. The molecule has 1 aromatic carbocycles. The van der Waals surface area contributed by atoms with E-state index in [0.29, 0.717) is 0 Å². The van der Waals surface area contributed by atoms with Crippen LogP contribution in [0.15, 0.2) is 71.6 Å². The predicted molar refractivity (Wildman–Crippen MR) is 82.9 cm³/mol. The van der Waals surface area contributed by atoms with E-state index in [1.54, 1.807) is 35.3 Å². The van der Waals surface area contributed by atoms with E-state index in [2.05, 4.69) is 15.3 Å². The van der Waals surface area contributed by atoms with E-state index in [9.17, 15) is 4.79 Å². The van der Waals surface area contributed by atoms with Crippen molar-refractivity contribution >= 4 is 16.8 Å². The summed E-state index contributed by atoms with van der Waals surface area (Å²) in [6, 6.07) is 13.8. The number of fused-ring (bicyclic) bond motifs is 1. The summed E-state index contributed by atoms with van der Waals surface area (Å²) >= 11 is 0. The van der Waals surface area contributed by atoms with Gasteiger partial charge in [-0.15, -0.1) is 5.10 Å². The van der Waals surface area contributed by atoms with Gasteiger partial charge < -0.3 is 4.42 Å². The molecule has 0 amide bonds. The van der Waals surface area contributed by atoms with Crippen molar-refractivity contribution in [1.82, 2.24) is 20.0 Å². The van der Waals surface area contributed by atoms with E-state index in [0.717, 1.165) is 16.6 Å². The Labute approximate surface area is 131 Å². The third-order valence-corrected chi connectivity index (χ3v) is 3.63. The van der Waals surface area contributed by atoms with Crippen LogP contribution in [0.5, 0.6) is 0 Å². The molecule has 4 rings (SSSR count). The Hall–Kier alpha value is -3.28. The average molecular weight is 304 g/mol. The lowest BCUT2D eigenvalue weighted by Crippen LogP contribution is -2.22. The number of Topliss-reactive ketones (excluding diaryl/α,β-unsaturated/α-hetero) is 1. The smallest absolute Gasteiger partial charge is 0.227 e. The molecule has 0 fully saturated rings. The molecule has 3 aromatic heterocycles. The maximum atomic E-state index is 12.9. The molecule has 1 atom stereocenters. The third kappa shape index (κ3) is 2.30. The largest absolute Gasteiger partial charge is 0.461 e. The normalized spacial score (nSPS) is 12.3. The van der Waals surface area contributed by atoms with Crippen LogP contribution in [0, 0.1) is 0 Å². The van der Waals surface area contributed by atoms with Crippen LogP contribution >= 0.6 is 0 Å². The predicted octanol–water partition coefficient (Wildman–Crippen LogP) is 2.89.